The molecule has 0 aromatic heterocycles. The van der Waals surface area contributed by atoms with Crippen LogP contribution in [0.15, 0.2) is 0 Å². The summed E-state index contributed by atoms with van der Waals surface area (Å²) >= 11 is 0. The largest absolute Gasteiger partial charge is 0.300 e. The van der Waals surface area contributed by atoms with Crippen LogP contribution in [0.5, 0.6) is 0 Å². The van der Waals surface area contributed by atoms with Gasteiger partial charge in [0, 0.05) is 12.6 Å². The van der Waals surface area contributed by atoms with Crippen molar-refractivity contribution in [3.05, 3.63) is 0 Å². The molecule has 0 N–H and O–H groups in total. The van der Waals surface area contributed by atoms with Gasteiger partial charge < -0.3 is 0 Å². The normalized spacial score (nSPS) is 34.5. The first kappa shape index (κ1) is 10.5. The predicted octanol–water partition coefficient (Wildman–Crippen LogP) is 3.30. The summed E-state index contributed by atoms with van der Waals surface area (Å²) in [6.45, 7) is 7.42. The number of hydrogen-bond acceptors (Lipinski definition) is 1. The highest BCUT2D eigenvalue weighted by Crippen LogP contribution is 2.35. The van der Waals surface area contributed by atoms with Gasteiger partial charge in [-0.05, 0) is 44.1 Å². The van der Waals surface area contributed by atoms with Crippen molar-refractivity contribution in [3.8, 4) is 0 Å². The predicted molar refractivity (Wildman–Crippen MR) is 61.4 cm³/mol. The van der Waals surface area contributed by atoms with Gasteiger partial charge in [0.2, 0.25) is 0 Å². The summed E-state index contributed by atoms with van der Waals surface area (Å²) in [7, 11) is 0. The second kappa shape index (κ2) is 4.65. The molecule has 0 aromatic rings. The Kier molecular flexibility index (Phi) is 3.48. The molecule has 0 aromatic carbocycles. The molecule has 0 bridgehead atoms. The number of fused-ring (bicyclic) bond motifs is 1. The second-order valence-electron chi connectivity index (χ2n) is 5.64. The highest BCUT2D eigenvalue weighted by Gasteiger charge is 2.32. The molecule has 1 aliphatic carbocycles. The highest BCUT2D eigenvalue weighted by molar-refractivity contribution is 4.87. The van der Waals surface area contributed by atoms with E-state index in [9.17, 15) is 0 Å². The maximum Gasteiger partial charge on any atom is 0.0124 e. The van der Waals surface area contributed by atoms with Gasteiger partial charge in [-0.15, -0.1) is 0 Å². The smallest absolute Gasteiger partial charge is 0.0124 e. The van der Waals surface area contributed by atoms with Crippen molar-refractivity contribution in [2.75, 3.05) is 13.1 Å². The van der Waals surface area contributed by atoms with E-state index >= 15 is 0 Å². The van der Waals surface area contributed by atoms with E-state index in [-0.39, 0.29) is 0 Å². The van der Waals surface area contributed by atoms with Crippen LogP contribution in [0, 0.1) is 11.8 Å². The van der Waals surface area contributed by atoms with Crippen molar-refractivity contribution < 1.29 is 0 Å². The summed E-state index contributed by atoms with van der Waals surface area (Å²) in [4.78, 5) is 2.79. The summed E-state index contributed by atoms with van der Waals surface area (Å²) in [6, 6.07) is 0.958. The van der Waals surface area contributed by atoms with Gasteiger partial charge >= 0.3 is 0 Å². The molecule has 1 saturated carbocycles. The van der Waals surface area contributed by atoms with Gasteiger partial charge in [-0.2, -0.15) is 0 Å². The highest BCUT2D eigenvalue weighted by atomic mass is 15.2. The average Bonchev–Trinajstić information content (AvgIpc) is 2.18. The molecule has 0 spiro atoms. The van der Waals surface area contributed by atoms with Crippen molar-refractivity contribution in [2.24, 2.45) is 11.8 Å². The lowest BCUT2D eigenvalue weighted by Crippen LogP contribution is -2.47. The van der Waals surface area contributed by atoms with Crippen LogP contribution in [0.2, 0.25) is 0 Å². The zero-order chi connectivity index (χ0) is 9.97. The second-order valence-corrected chi connectivity index (χ2v) is 5.64. The van der Waals surface area contributed by atoms with E-state index in [1.54, 1.807) is 0 Å². The topological polar surface area (TPSA) is 3.24 Å². The van der Waals surface area contributed by atoms with Crippen molar-refractivity contribution in [1.29, 1.82) is 0 Å². The molecule has 2 fully saturated rings. The van der Waals surface area contributed by atoms with E-state index in [4.69, 9.17) is 0 Å². The van der Waals surface area contributed by atoms with Gasteiger partial charge in [-0.25, -0.2) is 0 Å². The Morgan fingerprint density at radius 2 is 1.79 bits per heavy atom. The maximum absolute atomic E-state index is 2.79. The Bertz CT molecular complexity index is 174. The molecule has 1 nitrogen and oxygen atoms in total. The lowest BCUT2D eigenvalue weighted by molar-refractivity contribution is 0.0519. The first-order valence-corrected chi connectivity index (χ1v) is 6.51. The number of piperidine rings is 1. The Hall–Kier alpha value is -0.0400. The molecule has 14 heavy (non-hydrogen) atoms. The molecular formula is C13H25N. The van der Waals surface area contributed by atoms with Crippen LogP contribution in [0.3, 0.4) is 0 Å². The van der Waals surface area contributed by atoms with Crippen LogP contribution in [-0.2, 0) is 0 Å². The minimum absolute atomic E-state index is 0.843. The third kappa shape index (κ3) is 2.31. The average molecular weight is 195 g/mol. The lowest BCUT2D eigenvalue weighted by atomic mass is 9.78. The minimum atomic E-state index is 0.843. The SMILES string of the molecule is CC(C)CN1CCCC2CCCCC21. The summed E-state index contributed by atoms with van der Waals surface area (Å²) in [5.41, 5.74) is 0. The number of hydrogen-bond donors (Lipinski definition) is 0. The molecule has 2 rings (SSSR count). The van der Waals surface area contributed by atoms with Crippen LogP contribution in [0.25, 0.3) is 0 Å². The minimum Gasteiger partial charge on any atom is -0.300 e. The van der Waals surface area contributed by atoms with E-state index in [1.807, 2.05) is 0 Å². The molecule has 2 aliphatic rings. The van der Waals surface area contributed by atoms with Crippen molar-refractivity contribution in [3.63, 3.8) is 0 Å². The molecule has 1 aliphatic heterocycles. The third-order valence-electron chi connectivity index (χ3n) is 3.96. The van der Waals surface area contributed by atoms with E-state index in [0.717, 1.165) is 17.9 Å². The Morgan fingerprint density at radius 3 is 2.57 bits per heavy atom. The van der Waals surface area contributed by atoms with Crippen LogP contribution < -0.4 is 0 Å². The van der Waals surface area contributed by atoms with Gasteiger partial charge in [0.05, 0.1) is 0 Å². The molecular weight excluding hydrogens is 170 g/mol. The van der Waals surface area contributed by atoms with Crippen LogP contribution >= 0.6 is 0 Å². The number of rotatable bonds is 2. The molecule has 1 heteroatoms. The van der Waals surface area contributed by atoms with Gasteiger partial charge in [0.1, 0.15) is 0 Å². The monoisotopic (exact) mass is 195 g/mol. The van der Waals surface area contributed by atoms with E-state index < -0.39 is 0 Å². The lowest BCUT2D eigenvalue weighted by Gasteiger charge is -2.44. The fourth-order valence-electron chi connectivity index (χ4n) is 3.42. The fraction of sp³-hybridized carbons (Fsp3) is 1.00. The summed E-state index contributed by atoms with van der Waals surface area (Å²) < 4.78 is 0. The van der Waals surface area contributed by atoms with Crippen LogP contribution in [0.4, 0.5) is 0 Å². The Labute approximate surface area is 88.9 Å². The summed E-state index contributed by atoms with van der Waals surface area (Å²) in [6.07, 6.45) is 8.94. The molecule has 2 atom stereocenters. The van der Waals surface area contributed by atoms with Crippen LogP contribution in [0.1, 0.15) is 52.4 Å². The molecule has 1 saturated heterocycles. The quantitative estimate of drug-likeness (QED) is 0.653. The standard InChI is InChI=1S/C13H25N/c1-11(2)10-14-9-5-7-12-6-3-4-8-13(12)14/h11-13H,3-10H2,1-2H3. The van der Waals surface area contributed by atoms with Gasteiger partial charge in [0.25, 0.3) is 0 Å². The van der Waals surface area contributed by atoms with Crippen molar-refractivity contribution >= 4 is 0 Å². The molecule has 1 heterocycles. The van der Waals surface area contributed by atoms with Crippen molar-refractivity contribution in [1.82, 2.24) is 4.90 Å². The summed E-state index contributed by atoms with van der Waals surface area (Å²) in [5.74, 6) is 1.90. The molecule has 0 amide bonds. The Balaban J connectivity index is 1.94. The molecule has 0 radical (unpaired) electrons. The van der Waals surface area contributed by atoms with Crippen LogP contribution in [-0.4, -0.2) is 24.0 Å². The fourth-order valence-corrected chi connectivity index (χ4v) is 3.42. The summed E-state index contributed by atoms with van der Waals surface area (Å²) in [5, 5.41) is 0. The van der Waals surface area contributed by atoms with Gasteiger partial charge in [-0.1, -0.05) is 26.7 Å². The molecule has 82 valence electrons. The van der Waals surface area contributed by atoms with E-state index in [1.165, 1.54) is 51.6 Å². The van der Waals surface area contributed by atoms with Gasteiger partial charge in [-0.3, -0.25) is 4.90 Å². The van der Waals surface area contributed by atoms with Gasteiger partial charge in [0.15, 0.2) is 0 Å². The van der Waals surface area contributed by atoms with E-state index in [2.05, 4.69) is 18.7 Å². The molecule has 2 unspecified atom stereocenters. The zero-order valence-electron chi connectivity index (χ0n) is 9.84. The van der Waals surface area contributed by atoms with Crippen molar-refractivity contribution in [2.45, 2.75) is 58.4 Å². The van der Waals surface area contributed by atoms with E-state index in [0.29, 0.717) is 0 Å². The zero-order valence-corrected chi connectivity index (χ0v) is 9.84. The first-order valence-electron chi connectivity index (χ1n) is 6.51. The Morgan fingerprint density at radius 1 is 1.07 bits per heavy atom. The number of nitrogens with zero attached hydrogens (tertiary/aromatic N) is 1. The maximum atomic E-state index is 2.79. The number of likely N-dealkylation sites (tertiary alicyclic amines) is 1. The third-order valence-corrected chi connectivity index (χ3v) is 3.96. The first-order chi connectivity index (χ1) is 6.77.